The summed E-state index contributed by atoms with van der Waals surface area (Å²) in [5, 5.41) is 2.81. The summed E-state index contributed by atoms with van der Waals surface area (Å²) >= 11 is 5.73. The maximum Gasteiger partial charge on any atom is 0.266 e. The number of rotatable bonds is 9. The molecule has 0 fully saturated rings. The number of pyridine rings is 1. The van der Waals surface area contributed by atoms with Gasteiger partial charge < -0.3 is 19.8 Å². The summed E-state index contributed by atoms with van der Waals surface area (Å²) in [5.41, 5.74) is 1.02. The fourth-order valence-corrected chi connectivity index (χ4v) is 2.61. The molecule has 0 radical (unpaired) electrons. The first-order chi connectivity index (χ1) is 12.5. The molecule has 2 rings (SSSR count). The van der Waals surface area contributed by atoms with Crippen molar-refractivity contribution >= 4 is 17.5 Å². The highest BCUT2D eigenvalue weighted by Gasteiger charge is 2.09. The fraction of sp³-hybridized carbons (Fsp3) is 0.368. The zero-order chi connectivity index (χ0) is 18.9. The first kappa shape index (κ1) is 19.8. The van der Waals surface area contributed by atoms with Crippen molar-refractivity contribution in [2.45, 2.75) is 26.7 Å². The molecule has 0 aliphatic carbocycles. The van der Waals surface area contributed by atoms with Gasteiger partial charge in [0.1, 0.15) is 5.02 Å². The van der Waals surface area contributed by atoms with Gasteiger partial charge in [-0.1, -0.05) is 17.7 Å². The number of aromatic amines is 1. The molecule has 0 saturated heterocycles. The van der Waals surface area contributed by atoms with Crippen LogP contribution in [-0.4, -0.2) is 30.6 Å². The average molecular weight is 379 g/mol. The number of benzene rings is 1. The van der Waals surface area contributed by atoms with E-state index in [2.05, 4.69) is 10.3 Å². The van der Waals surface area contributed by atoms with Crippen molar-refractivity contribution in [3.8, 4) is 11.5 Å². The van der Waals surface area contributed by atoms with Crippen molar-refractivity contribution in [2.24, 2.45) is 0 Å². The number of aromatic nitrogens is 1. The topological polar surface area (TPSA) is 80.4 Å². The number of halogens is 1. The molecule has 26 heavy (non-hydrogen) atoms. The summed E-state index contributed by atoms with van der Waals surface area (Å²) in [6, 6.07) is 7.23. The number of H-pyrrole nitrogens is 1. The number of carbonyl (C=O) groups excluding carboxylic acids is 1. The minimum absolute atomic E-state index is 0.00417. The Morgan fingerprint density at radius 3 is 2.58 bits per heavy atom. The van der Waals surface area contributed by atoms with Crippen LogP contribution in [0.15, 0.2) is 35.3 Å². The van der Waals surface area contributed by atoms with E-state index in [0.29, 0.717) is 25.3 Å². The highest BCUT2D eigenvalue weighted by Crippen LogP contribution is 2.28. The Labute approximate surface area is 157 Å². The van der Waals surface area contributed by atoms with E-state index in [1.54, 1.807) is 0 Å². The second kappa shape index (κ2) is 9.87. The van der Waals surface area contributed by atoms with Crippen molar-refractivity contribution in [1.29, 1.82) is 0 Å². The number of aryl methyl sites for hydroxylation is 1. The van der Waals surface area contributed by atoms with Crippen LogP contribution in [0.4, 0.5) is 0 Å². The number of nitrogens with one attached hydrogen (secondary N) is 2. The van der Waals surface area contributed by atoms with Crippen molar-refractivity contribution in [3.05, 3.63) is 57.0 Å². The summed E-state index contributed by atoms with van der Waals surface area (Å²) in [6.45, 7) is 5.52. The lowest BCUT2D eigenvalue weighted by Gasteiger charge is -2.12. The highest BCUT2D eigenvalue weighted by atomic mass is 35.5. The van der Waals surface area contributed by atoms with Crippen molar-refractivity contribution < 1.29 is 14.3 Å². The Morgan fingerprint density at radius 1 is 1.15 bits per heavy atom. The van der Waals surface area contributed by atoms with Crippen LogP contribution in [-0.2, 0) is 6.42 Å². The van der Waals surface area contributed by atoms with Gasteiger partial charge in [0, 0.05) is 12.7 Å². The van der Waals surface area contributed by atoms with Crippen molar-refractivity contribution in [2.75, 3.05) is 19.8 Å². The van der Waals surface area contributed by atoms with Crippen LogP contribution in [0, 0.1) is 0 Å². The molecule has 0 unspecified atom stereocenters. The van der Waals surface area contributed by atoms with E-state index in [1.165, 1.54) is 12.3 Å². The van der Waals surface area contributed by atoms with Gasteiger partial charge in [-0.05, 0) is 50.5 Å². The molecule has 1 amide bonds. The van der Waals surface area contributed by atoms with E-state index < -0.39 is 5.56 Å². The van der Waals surface area contributed by atoms with Crippen LogP contribution >= 0.6 is 11.6 Å². The normalized spacial score (nSPS) is 10.4. The van der Waals surface area contributed by atoms with Crippen LogP contribution in [0.5, 0.6) is 11.5 Å². The number of hydrogen-bond donors (Lipinski definition) is 2. The molecule has 7 heteroatoms. The lowest BCUT2D eigenvalue weighted by Crippen LogP contribution is -2.25. The Hall–Kier alpha value is -2.47. The van der Waals surface area contributed by atoms with E-state index in [-0.39, 0.29) is 10.9 Å². The Bertz CT molecular complexity index is 804. The van der Waals surface area contributed by atoms with E-state index in [1.807, 2.05) is 32.0 Å². The van der Waals surface area contributed by atoms with Gasteiger partial charge in [0.15, 0.2) is 11.5 Å². The molecule has 0 aliphatic rings. The van der Waals surface area contributed by atoms with Gasteiger partial charge >= 0.3 is 0 Å². The Morgan fingerprint density at radius 2 is 1.88 bits per heavy atom. The van der Waals surface area contributed by atoms with Gasteiger partial charge in [-0.25, -0.2) is 0 Å². The van der Waals surface area contributed by atoms with Crippen LogP contribution in [0.3, 0.4) is 0 Å². The SMILES string of the molecule is CCOc1ccc(CCCNC(=O)c2c[nH]c(=O)c(Cl)c2)cc1OCC. The van der Waals surface area contributed by atoms with Gasteiger partial charge in [-0.3, -0.25) is 9.59 Å². The molecule has 0 bridgehead atoms. The molecule has 1 aromatic heterocycles. The van der Waals surface area contributed by atoms with Crippen LogP contribution < -0.4 is 20.3 Å². The Kier molecular flexibility index (Phi) is 7.53. The molecule has 6 nitrogen and oxygen atoms in total. The van der Waals surface area contributed by atoms with Crippen LogP contribution in [0.1, 0.15) is 36.2 Å². The largest absolute Gasteiger partial charge is 0.490 e. The number of amides is 1. The van der Waals surface area contributed by atoms with Crippen LogP contribution in [0.2, 0.25) is 5.02 Å². The monoisotopic (exact) mass is 378 g/mol. The van der Waals surface area contributed by atoms with E-state index >= 15 is 0 Å². The number of ether oxygens (including phenoxy) is 2. The maximum absolute atomic E-state index is 12.0. The molecule has 0 aliphatic heterocycles. The molecule has 2 aromatic rings. The first-order valence-corrected chi connectivity index (χ1v) is 8.97. The third-order valence-corrected chi connectivity index (χ3v) is 3.94. The predicted octanol–water partition coefficient (Wildman–Crippen LogP) is 3.19. The molecular formula is C19H23ClN2O4. The standard InChI is InChI=1S/C19H23ClN2O4/c1-3-25-16-8-7-13(10-17(16)26-4-2)6-5-9-21-18(23)14-11-15(20)19(24)22-12-14/h7-8,10-12H,3-6,9H2,1-2H3,(H,21,23)(H,22,24). The molecular weight excluding hydrogens is 356 g/mol. The van der Waals surface area contributed by atoms with Crippen molar-refractivity contribution in [1.82, 2.24) is 10.3 Å². The quantitative estimate of drug-likeness (QED) is 0.657. The van der Waals surface area contributed by atoms with Gasteiger partial charge in [0.25, 0.3) is 11.5 Å². The summed E-state index contributed by atoms with van der Waals surface area (Å²) in [4.78, 5) is 25.7. The van der Waals surface area contributed by atoms with Gasteiger partial charge in [0.2, 0.25) is 0 Å². The lowest BCUT2D eigenvalue weighted by atomic mass is 10.1. The summed E-state index contributed by atoms with van der Waals surface area (Å²) in [7, 11) is 0. The molecule has 0 atom stereocenters. The third kappa shape index (κ3) is 5.52. The molecule has 0 spiro atoms. The second-order valence-corrected chi connectivity index (χ2v) is 5.98. The van der Waals surface area contributed by atoms with E-state index in [0.717, 1.165) is 29.9 Å². The maximum atomic E-state index is 12.0. The molecule has 1 heterocycles. The first-order valence-electron chi connectivity index (χ1n) is 8.60. The van der Waals surface area contributed by atoms with Gasteiger partial charge in [-0.15, -0.1) is 0 Å². The predicted molar refractivity (Wildman–Crippen MR) is 102 cm³/mol. The number of carbonyl (C=O) groups is 1. The van der Waals surface area contributed by atoms with Crippen LogP contribution in [0.25, 0.3) is 0 Å². The third-order valence-electron chi connectivity index (χ3n) is 3.66. The van der Waals surface area contributed by atoms with Gasteiger partial charge in [-0.2, -0.15) is 0 Å². The van der Waals surface area contributed by atoms with E-state index in [4.69, 9.17) is 21.1 Å². The molecule has 0 saturated carbocycles. The highest BCUT2D eigenvalue weighted by molar-refractivity contribution is 6.30. The van der Waals surface area contributed by atoms with Gasteiger partial charge in [0.05, 0.1) is 18.8 Å². The summed E-state index contributed by atoms with van der Waals surface area (Å²) < 4.78 is 11.2. The fourth-order valence-electron chi connectivity index (χ4n) is 2.43. The minimum Gasteiger partial charge on any atom is -0.490 e. The van der Waals surface area contributed by atoms with E-state index in [9.17, 15) is 9.59 Å². The zero-order valence-corrected chi connectivity index (χ0v) is 15.7. The average Bonchev–Trinajstić information content (AvgIpc) is 2.63. The smallest absolute Gasteiger partial charge is 0.266 e. The minimum atomic E-state index is -0.413. The second-order valence-electron chi connectivity index (χ2n) is 5.57. The number of hydrogen-bond acceptors (Lipinski definition) is 4. The molecule has 2 N–H and O–H groups in total. The molecule has 140 valence electrons. The Balaban J connectivity index is 1.87. The molecule has 1 aromatic carbocycles. The van der Waals surface area contributed by atoms with Crippen molar-refractivity contribution in [3.63, 3.8) is 0 Å². The summed E-state index contributed by atoms with van der Waals surface area (Å²) in [5.74, 6) is 1.20. The zero-order valence-electron chi connectivity index (χ0n) is 14.9. The summed E-state index contributed by atoms with van der Waals surface area (Å²) in [6.07, 6.45) is 2.91. The lowest BCUT2D eigenvalue weighted by molar-refractivity contribution is 0.0953.